The van der Waals surface area contributed by atoms with Gasteiger partial charge in [-0.25, -0.2) is 0 Å². The van der Waals surface area contributed by atoms with Gasteiger partial charge in [0.2, 0.25) is 5.91 Å². The van der Waals surface area contributed by atoms with Gasteiger partial charge in [-0.1, -0.05) is 13.8 Å². The van der Waals surface area contributed by atoms with E-state index >= 15 is 0 Å². The standard InChI is InChI=1S/C12H24N2O3/c1-9(2)7-11(15)14-10(5-4-6-13)8-12(16)17-3/h9-10H,4-8,13H2,1-3H3,(H,14,15). The zero-order valence-corrected chi connectivity index (χ0v) is 11.0. The largest absolute Gasteiger partial charge is 0.469 e. The molecule has 5 nitrogen and oxygen atoms in total. The van der Waals surface area contributed by atoms with Crippen molar-refractivity contribution in [1.82, 2.24) is 5.32 Å². The summed E-state index contributed by atoms with van der Waals surface area (Å²) >= 11 is 0. The van der Waals surface area contributed by atoms with E-state index in [-0.39, 0.29) is 24.3 Å². The SMILES string of the molecule is COC(=O)CC(CCCN)NC(=O)CC(C)C. The first-order valence-corrected chi connectivity index (χ1v) is 6.05. The number of rotatable bonds is 8. The molecule has 0 rings (SSSR count). The van der Waals surface area contributed by atoms with E-state index in [2.05, 4.69) is 10.1 Å². The molecule has 0 heterocycles. The van der Waals surface area contributed by atoms with Gasteiger partial charge < -0.3 is 15.8 Å². The van der Waals surface area contributed by atoms with Gasteiger partial charge in [-0.05, 0) is 25.3 Å². The summed E-state index contributed by atoms with van der Waals surface area (Å²) in [6, 6.07) is -0.169. The fourth-order valence-electron chi connectivity index (χ4n) is 1.53. The van der Waals surface area contributed by atoms with Crippen LogP contribution in [0.4, 0.5) is 0 Å². The maximum atomic E-state index is 11.6. The summed E-state index contributed by atoms with van der Waals surface area (Å²) in [6.07, 6.45) is 2.17. The van der Waals surface area contributed by atoms with Gasteiger partial charge in [-0.3, -0.25) is 9.59 Å². The maximum absolute atomic E-state index is 11.6. The Morgan fingerprint density at radius 1 is 1.29 bits per heavy atom. The Bertz CT molecular complexity index is 242. The van der Waals surface area contributed by atoms with Gasteiger partial charge in [0.15, 0.2) is 0 Å². The lowest BCUT2D eigenvalue weighted by Gasteiger charge is -2.18. The van der Waals surface area contributed by atoms with Gasteiger partial charge in [-0.15, -0.1) is 0 Å². The van der Waals surface area contributed by atoms with E-state index in [9.17, 15) is 9.59 Å². The number of carbonyl (C=O) groups excluding carboxylic acids is 2. The predicted octanol–water partition coefficient (Wildman–Crippen LogP) is 0.819. The Morgan fingerprint density at radius 3 is 2.41 bits per heavy atom. The van der Waals surface area contributed by atoms with Gasteiger partial charge in [-0.2, -0.15) is 0 Å². The van der Waals surface area contributed by atoms with Crippen molar-refractivity contribution in [2.24, 2.45) is 11.7 Å². The molecule has 0 spiro atoms. The summed E-state index contributed by atoms with van der Waals surface area (Å²) in [4.78, 5) is 22.8. The number of ether oxygens (including phenoxy) is 1. The number of hydrogen-bond acceptors (Lipinski definition) is 4. The average Bonchev–Trinajstić information content (AvgIpc) is 2.24. The molecule has 100 valence electrons. The third-order valence-corrected chi connectivity index (χ3v) is 2.36. The van der Waals surface area contributed by atoms with E-state index in [1.165, 1.54) is 7.11 Å². The maximum Gasteiger partial charge on any atom is 0.307 e. The van der Waals surface area contributed by atoms with Crippen molar-refractivity contribution >= 4 is 11.9 Å². The fraction of sp³-hybridized carbons (Fsp3) is 0.833. The van der Waals surface area contributed by atoms with E-state index < -0.39 is 0 Å². The van der Waals surface area contributed by atoms with Gasteiger partial charge in [0.1, 0.15) is 0 Å². The van der Waals surface area contributed by atoms with E-state index in [1.807, 2.05) is 13.8 Å². The van der Waals surface area contributed by atoms with Crippen molar-refractivity contribution in [3.63, 3.8) is 0 Å². The number of carbonyl (C=O) groups is 2. The van der Waals surface area contributed by atoms with Gasteiger partial charge >= 0.3 is 5.97 Å². The van der Waals surface area contributed by atoms with Gasteiger partial charge in [0.05, 0.1) is 13.5 Å². The zero-order valence-electron chi connectivity index (χ0n) is 11.0. The quantitative estimate of drug-likeness (QED) is 0.619. The van der Waals surface area contributed by atoms with Crippen LogP contribution in [-0.2, 0) is 14.3 Å². The molecule has 0 aromatic heterocycles. The Kier molecular flexibility index (Phi) is 8.40. The van der Waals surface area contributed by atoms with Crippen molar-refractivity contribution < 1.29 is 14.3 Å². The zero-order chi connectivity index (χ0) is 13.3. The van der Waals surface area contributed by atoms with Gasteiger partial charge in [0, 0.05) is 12.5 Å². The highest BCUT2D eigenvalue weighted by molar-refractivity contribution is 5.77. The minimum absolute atomic E-state index is 0.0223. The predicted molar refractivity (Wildman–Crippen MR) is 66.3 cm³/mol. The normalized spacial score (nSPS) is 12.3. The van der Waals surface area contributed by atoms with Crippen LogP contribution in [0, 0.1) is 5.92 Å². The molecule has 0 aromatic rings. The number of nitrogens with one attached hydrogen (secondary N) is 1. The van der Waals surface area contributed by atoms with Crippen molar-refractivity contribution in [3.8, 4) is 0 Å². The lowest BCUT2D eigenvalue weighted by atomic mass is 10.1. The first-order valence-electron chi connectivity index (χ1n) is 6.05. The molecular weight excluding hydrogens is 220 g/mol. The van der Waals surface area contributed by atoms with Crippen LogP contribution < -0.4 is 11.1 Å². The molecule has 1 amide bonds. The Hall–Kier alpha value is -1.10. The molecular formula is C12H24N2O3. The molecule has 1 atom stereocenters. The monoisotopic (exact) mass is 244 g/mol. The van der Waals surface area contributed by atoms with Crippen LogP contribution in [0.5, 0.6) is 0 Å². The summed E-state index contributed by atoms with van der Waals surface area (Å²) < 4.78 is 4.60. The minimum Gasteiger partial charge on any atom is -0.469 e. The molecule has 0 saturated heterocycles. The van der Waals surface area contributed by atoms with Crippen molar-refractivity contribution in [2.75, 3.05) is 13.7 Å². The first-order chi connectivity index (χ1) is 7.99. The first kappa shape index (κ1) is 15.9. The molecule has 0 radical (unpaired) electrons. The topological polar surface area (TPSA) is 81.4 Å². The fourth-order valence-corrected chi connectivity index (χ4v) is 1.53. The number of amides is 1. The molecule has 3 N–H and O–H groups in total. The third-order valence-electron chi connectivity index (χ3n) is 2.36. The van der Waals surface area contributed by atoms with E-state index in [0.29, 0.717) is 25.3 Å². The molecule has 0 bridgehead atoms. The minimum atomic E-state index is -0.308. The molecule has 0 fully saturated rings. The molecule has 0 aliphatic carbocycles. The third kappa shape index (κ3) is 8.68. The number of hydrogen-bond donors (Lipinski definition) is 2. The molecule has 0 aliphatic heterocycles. The Morgan fingerprint density at radius 2 is 1.94 bits per heavy atom. The second kappa shape index (κ2) is 8.98. The van der Waals surface area contributed by atoms with Crippen molar-refractivity contribution in [1.29, 1.82) is 0 Å². The van der Waals surface area contributed by atoms with Crippen LogP contribution in [0.15, 0.2) is 0 Å². The summed E-state index contributed by atoms with van der Waals surface area (Å²) in [5.41, 5.74) is 5.42. The average molecular weight is 244 g/mol. The number of esters is 1. The number of nitrogens with two attached hydrogens (primary N) is 1. The smallest absolute Gasteiger partial charge is 0.307 e. The highest BCUT2D eigenvalue weighted by Gasteiger charge is 2.16. The van der Waals surface area contributed by atoms with Crippen LogP contribution in [0.3, 0.4) is 0 Å². The van der Waals surface area contributed by atoms with Crippen LogP contribution in [-0.4, -0.2) is 31.6 Å². The Balaban J connectivity index is 4.17. The highest BCUT2D eigenvalue weighted by atomic mass is 16.5. The molecule has 5 heteroatoms. The lowest BCUT2D eigenvalue weighted by Crippen LogP contribution is -2.37. The molecule has 0 saturated carbocycles. The van der Waals surface area contributed by atoms with Crippen LogP contribution in [0.25, 0.3) is 0 Å². The van der Waals surface area contributed by atoms with E-state index in [4.69, 9.17) is 5.73 Å². The lowest BCUT2D eigenvalue weighted by molar-refractivity contribution is -0.141. The summed E-state index contributed by atoms with van der Waals surface area (Å²) in [7, 11) is 1.35. The van der Waals surface area contributed by atoms with E-state index in [1.54, 1.807) is 0 Å². The van der Waals surface area contributed by atoms with Crippen LogP contribution in [0.1, 0.15) is 39.5 Å². The van der Waals surface area contributed by atoms with Crippen molar-refractivity contribution in [3.05, 3.63) is 0 Å². The van der Waals surface area contributed by atoms with Crippen LogP contribution in [0.2, 0.25) is 0 Å². The number of methoxy groups -OCH3 is 1. The second-order valence-corrected chi connectivity index (χ2v) is 4.57. The van der Waals surface area contributed by atoms with Crippen molar-refractivity contribution in [2.45, 2.75) is 45.6 Å². The van der Waals surface area contributed by atoms with Gasteiger partial charge in [0.25, 0.3) is 0 Å². The summed E-state index contributed by atoms with van der Waals surface area (Å²) in [5.74, 6) is -0.0221. The second-order valence-electron chi connectivity index (χ2n) is 4.57. The van der Waals surface area contributed by atoms with Crippen LogP contribution >= 0.6 is 0 Å². The molecule has 0 aliphatic rings. The summed E-state index contributed by atoms with van der Waals surface area (Å²) in [5, 5.41) is 2.85. The molecule has 1 unspecified atom stereocenters. The Labute approximate surface area is 103 Å². The van der Waals surface area contributed by atoms with E-state index in [0.717, 1.165) is 6.42 Å². The summed E-state index contributed by atoms with van der Waals surface area (Å²) in [6.45, 7) is 4.52. The molecule has 17 heavy (non-hydrogen) atoms. The highest BCUT2D eigenvalue weighted by Crippen LogP contribution is 2.05. The molecule has 0 aromatic carbocycles.